The summed E-state index contributed by atoms with van der Waals surface area (Å²) in [5, 5.41) is 5.64. The van der Waals surface area contributed by atoms with Crippen molar-refractivity contribution in [2.75, 3.05) is 10.6 Å². The van der Waals surface area contributed by atoms with Crippen LogP contribution in [-0.4, -0.2) is 9.97 Å². The third-order valence-corrected chi connectivity index (χ3v) is 4.23. The molecule has 1 aromatic heterocycles. The molecule has 134 valence electrons. The third kappa shape index (κ3) is 4.63. The van der Waals surface area contributed by atoms with Crippen LogP contribution in [0, 0.1) is 10.5 Å². The highest BCUT2D eigenvalue weighted by Crippen LogP contribution is 2.35. The highest BCUT2D eigenvalue weighted by atomic mass is 127. The van der Waals surface area contributed by atoms with Crippen LogP contribution in [-0.2, 0) is 6.18 Å². The van der Waals surface area contributed by atoms with E-state index in [1.807, 2.05) is 31.2 Å². The van der Waals surface area contributed by atoms with Crippen molar-refractivity contribution >= 4 is 45.7 Å². The average molecular weight is 470 g/mol. The average Bonchev–Trinajstić information content (AvgIpc) is 2.58. The van der Waals surface area contributed by atoms with Gasteiger partial charge in [-0.15, -0.1) is 0 Å². The number of nitrogens with zero attached hydrogens (tertiary/aromatic N) is 2. The second-order valence-corrected chi connectivity index (χ2v) is 6.82. The maximum absolute atomic E-state index is 13.3. The molecule has 8 heteroatoms. The van der Waals surface area contributed by atoms with Gasteiger partial charge < -0.3 is 10.6 Å². The zero-order valence-corrected chi connectivity index (χ0v) is 15.8. The van der Waals surface area contributed by atoms with E-state index >= 15 is 0 Å². The van der Waals surface area contributed by atoms with Gasteiger partial charge in [0.2, 0.25) is 5.95 Å². The van der Waals surface area contributed by atoms with E-state index in [1.165, 1.54) is 0 Å². The van der Waals surface area contributed by atoms with Crippen molar-refractivity contribution in [3.8, 4) is 0 Å². The molecule has 3 aromatic rings. The summed E-state index contributed by atoms with van der Waals surface area (Å²) in [4.78, 5) is 7.81. The zero-order valence-electron chi connectivity index (χ0n) is 13.6. The first-order valence-corrected chi connectivity index (χ1v) is 8.70. The predicted octanol–water partition coefficient (Wildman–Crippen LogP) is 5.90. The number of hydrogen-bond donors (Lipinski definition) is 2. The quantitative estimate of drug-likeness (QED) is 0.467. The van der Waals surface area contributed by atoms with Gasteiger partial charge in [-0.2, -0.15) is 18.2 Å². The van der Waals surface area contributed by atoms with Crippen LogP contribution in [0.5, 0.6) is 0 Å². The van der Waals surface area contributed by atoms with Gasteiger partial charge in [-0.1, -0.05) is 17.7 Å². The fourth-order valence-electron chi connectivity index (χ4n) is 2.18. The molecule has 0 aliphatic rings. The van der Waals surface area contributed by atoms with Gasteiger partial charge in [0.25, 0.3) is 0 Å². The first kappa shape index (κ1) is 18.4. The van der Waals surface area contributed by atoms with E-state index in [2.05, 4.69) is 43.2 Å². The lowest BCUT2D eigenvalue weighted by atomic mass is 10.2. The number of hydrogen-bond acceptors (Lipinski definition) is 4. The topological polar surface area (TPSA) is 49.8 Å². The van der Waals surface area contributed by atoms with Crippen molar-refractivity contribution in [1.29, 1.82) is 0 Å². The molecule has 0 saturated heterocycles. The zero-order chi connectivity index (χ0) is 18.7. The highest BCUT2D eigenvalue weighted by Gasteiger charge is 2.35. The molecule has 3 rings (SSSR count). The van der Waals surface area contributed by atoms with E-state index in [4.69, 9.17) is 0 Å². The Morgan fingerprint density at radius 3 is 2.08 bits per heavy atom. The Bertz CT molecular complexity index is 894. The van der Waals surface area contributed by atoms with Crippen LogP contribution in [0.1, 0.15) is 11.1 Å². The minimum absolute atomic E-state index is 0.0776. The lowest BCUT2D eigenvalue weighted by molar-refractivity contribution is -0.137. The number of aryl methyl sites for hydroxylation is 1. The van der Waals surface area contributed by atoms with E-state index < -0.39 is 11.7 Å². The summed E-state index contributed by atoms with van der Waals surface area (Å²) >= 11 is 2.17. The van der Waals surface area contributed by atoms with Crippen LogP contribution in [0.15, 0.2) is 54.7 Å². The molecule has 0 bridgehead atoms. The molecule has 4 nitrogen and oxygen atoms in total. The second kappa shape index (κ2) is 7.48. The first-order chi connectivity index (χ1) is 12.3. The summed E-state index contributed by atoms with van der Waals surface area (Å²) in [5.41, 5.74) is 1.29. The van der Waals surface area contributed by atoms with Gasteiger partial charge in [0.15, 0.2) is 0 Å². The lowest BCUT2D eigenvalue weighted by Crippen LogP contribution is -2.12. The van der Waals surface area contributed by atoms with Gasteiger partial charge in [-0.3, -0.25) is 0 Å². The van der Waals surface area contributed by atoms with Gasteiger partial charge in [-0.25, -0.2) is 4.98 Å². The highest BCUT2D eigenvalue weighted by molar-refractivity contribution is 14.1. The van der Waals surface area contributed by atoms with E-state index in [9.17, 15) is 13.2 Å². The second-order valence-electron chi connectivity index (χ2n) is 5.58. The van der Waals surface area contributed by atoms with Crippen LogP contribution in [0.4, 0.5) is 36.3 Å². The van der Waals surface area contributed by atoms with E-state index in [0.717, 1.165) is 15.3 Å². The molecule has 0 aliphatic heterocycles. The Hall–Kier alpha value is -2.36. The van der Waals surface area contributed by atoms with E-state index in [1.54, 1.807) is 24.3 Å². The largest absolute Gasteiger partial charge is 0.421 e. The predicted molar refractivity (Wildman–Crippen MR) is 104 cm³/mol. The minimum Gasteiger partial charge on any atom is -0.340 e. The number of halogens is 4. The summed E-state index contributed by atoms with van der Waals surface area (Å²) in [6, 6.07) is 14.4. The number of alkyl halides is 3. The number of rotatable bonds is 4. The molecule has 0 atom stereocenters. The van der Waals surface area contributed by atoms with Crippen molar-refractivity contribution in [1.82, 2.24) is 9.97 Å². The van der Waals surface area contributed by atoms with Crippen LogP contribution < -0.4 is 10.6 Å². The van der Waals surface area contributed by atoms with Crippen LogP contribution in [0.3, 0.4) is 0 Å². The van der Waals surface area contributed by atoms with Crippen LogP contribution >= 0.6 is 22.6 Å². The molecule has 0 fully saturated rings. The molecule has 1 heterocycles. The Morgan fingerprint density at radius 2 is 1.46 bits per heavy atom. The first-order valence-electron chi connectivity index (χ1n) is 7.62. The van der Waals surface area contributed by atoms with Gasteiger partial charge in [0.1, 0.15) is 11.4 Å². The third-order valence-electron chi connectivity index (χ3n) is 3.51. The molecule has 0 unspecified atom stereocenters. The number of nitrogens with one attached hydrogen (secondary N) is 2. The Balaban J connectivity index is 1.93. The van der Waals surface area contributed by atoms with Crippen LogP contribution in [0.25, 0.3) is 0 Å². The minimum atomic E-state index is -4.56. The fraction of sp³-hybridized carbons (Fsp3) is 0.111. The fourth-order valence-corrected chi connectivity index (χ4v) is 2.54. The Labute approximate surface area is 162 Å². The van der Waals surface area contributed by atoms with Gasteiger partial charge in [0.05, 0.1) is 0 Å². The monoisotopic (exact) mass is 470 g/mol. The smallest absolute Gasteiger partial charge is 0.340 e. The van der Waals surface area contributed by atoms with E-state index in [0.29, 0.717) is 11.4 Å². The molecule has 2 N–H and O–H groups in total. The Kier molecular flexibility index (Phi) is 5.30. The number of benzene rings is 2. The molecule has 0 radical (unpaired) electrons. The molecule has 0 saturated carbocycles. The SMILES string of the molecule is Cc1ccc(Nc2nc(Nc3ccc(I)cc3)ncc2C(F)(F)F)cc1. The molecule has 0 spiro atoms. The number of anilines is 4. The van der Waals surface area contributed by atoms with Gasteiger partial charge >= 0.3 is 6.18 Å². The molecular weight excluding hydrogens is 456 g/mol. The van der Waals surface area contributed by atoms with Crippen molar-refractivity contribution in [2.24, 2.45) is 0 Å². The molecule has 0 amide bonds. The molecular formula is C18H14F3IN4. The summed E-state index contributed by atoms with van der Waals surface area (Å²) in [7, 11) is 0. The molecule has 26 heavy (non-hydrogen) atoms. The van der Waals surface area contributed by atoms with Gasteiger partial charge in [-0.05, 0) is 65.9 Å². The maximum atomic E-state index is 13.3. The Morgan fingerprint density at radius 1 is 0.885 bits per heavy atom. The van der Waals surface area contributed by atoms with Crippen molar-refractivity contribution in [3.63, 3.8) is 0 Å². The molecule has 2 aromatic carbocycles. The van der Waals surface area contributed by atoms with Crippen molar-refractivity contribution < 1.29 is 13.2 Å². The lowest BCUT2D eigenvalue weighted by Gasteiger charge is -2.15. The number of aromatic nitrogens is 2. The summed E-state index contributed by atoms with van der Waals surface area (Å²) in [5.74, 6) is -0.224. The van der Waals surface area contributed by atoms with Crippen molar-refractivity contribution in [3.05, 3.63) is 69.4 Å². The van der Waals surface area contributed by atoms with Crippen LogP contribution in [0.2, 0.25) is 0 Å². The van der Waals surface area contributed by atoms with Gasteiger partial charge in [0, 0.05) is 21.1 Å². The normalized spacial score (nSPS) is 11.3. The summed E-state index contributed by atoms with van der Waals surface area (Å²) in [6.45, 7) is 1.90. The maximum Gasteiger partial charge on any atom is 0.421 e. The summed E-state index contributed by atoms with van der Waals surface area (Å²) < 4.78 is 40.9. The van der Waals surface area contributed by atoms with Crippen molar-refractivity contribution in [2.45, 2.75) is 13.1 Å². The van der Waals surface area contributed by atoms with E-state index in [-0.39, 0.29) is 11.8 Å². The molecule has 0 aliphatic carbocycles. The summed E-state index contributed by atoms with van der Waals surface area (Å²) in [6.07, 6.45) is -3.78. The standard InChI is InChI=1S/C18H14F3IN4/c1-11-2-6-13(7-3-11)24-16-15(18(19,20)21)10-23-17(26-16)25-14-8-4-12(22)5-9-14/h2-10H,1H3,(H2,23,24,25,26).